The number of carbonyl (C=O) groups excluding carboxylic acids is 2. The van der Waals surface area contributed by atoms with Crippen LogP contribution in [0.2, 0.25) is 5.02 Å². The minimum atomic E-state index is -1.15. The maximum absolute atomic E-state index is 12.3. The molecule has 1 heterocycles. The van der Waals surface area contributed by atoms with Gasteiger partial charge in [0.2, 0.25) is 0 Å². The van der Waals surface area contributed by atoms with Crippen molar-refractivity contribution in [2.24, 2.45) is 0 Å². The van der Waals surface area contributed by atoms with Crippen molar-refractivity contribution in [1.82, 2.24) is 0 Å². The van der Waals surface area contributed by atoms with E-state index < -0.39 is 11.9 Å². The van der Waals surface area contributed by atoms with Crippen molar-refractivity contribution in [2.75, 3.05) is 17.2 Å². The first-order chi connectivity index (χ1) is 11.4. The van der Waals surface area contributed by atoms with Gasteiger partial charge >= 0.3 is 5.97 Å². The third-order valence-corrected chi connectivity index (χ3v) is 3.50. The number of carboxylic acids is 1. The lowest BCUT2D eigenvalue weighted by molar-refractivity contribution is -0.118. The third kappa shape index (κ3) is 3.31. The Hall–Kier alpha value is -3.06. The van der Waals surface area contributed by atoms with Gasteiger partial charge in [0.05, 0.1) is 11.3 Å². The van der Waals surface area contributed by atoms with Gasteiger partial charge in [0.1, 0.15) is 5.75 Å². The summed E-state index contributed by atoms with van der Waals surface area (Å²) in [6, 6.07) is 8.61. The Bertz CT molecular complexity index is 866. The molecule has 2 aromatic carbocycles. The van der Waals surface area contributed by atoms with Gasteiger partial charge in [0.25, 0.3) is 11.8 Å². The number of carboxylic acid groups (broad SMARTS) is 1. The van der Waals surface area contributed by atoms with E-state index in [-0.39, 0.29) is 28.8 Å². The van der Waals surface area contributed by atoms with Crippen LogP contribution in [-0.4, -0.2) is 29.5 Å². The fourth-order valence-electron chi connectivity index (χ4n) is 2.20. The largest absolute Gasteiger partial charge is 0.482 e. The minimum Gasteiger partial charge on any atom is -0.482 e. The zero-order chi connectivity index (χ0) is 17.3. The number of aromatic carboxylic acids is 1. The quantitative estimate of drug-likeness (QED) is 0.792. The molecule has 3 N–H and O–H groups in total. The summed E-state index contributed by atoms with van der Waals surface area (Å²) in [6.07, 6.45) is 0. The number of benzene rings is 2. The van der Waals surface area contributed by atoms with Crippen LogP contribution < -0.4 is 15.4 Å². The van der Waals surface area contributed by atoms with Gasteiger partial charge in [-0.1, -0.05) is 11.6 Å². The molecule has 0 saturated carbocycles. The lowest BCUT2D eigenvalue weighted by Crippen LogP contribution is -2.25. The molecule has 0 bridgehead atoms. The number of nitrogens with one attached hydrogen (secondary N) is 2. The molecule has 1 aliphatic heterocycles. The van der Waals surface area contributed by atoms with Crippen LogP contribution in [0.1, 0.15) is 20.7 Å². The topological polar surface area (TPSA) is 105 Å². The number of ether oxygens (including phenoxy) is 1. The molecule has 0 spiro atoms. The lowest BCUT2D eigenvalue weighted by Gasteiger charge is -2.18. The standard InChI is InChI=1S/C16H11ClN2O5/c17-10-3-9(16(22)23)4-11(6-10)18-15(21)8-1-2-12-13(5-8)24-7-14(20)19-12/h1-6H,7H2,(H,18,21)(H,19,20)(H,22,23). The number of amides is 2. The molecule has 0 atom stereocenters. The molecular formula is C16H11ClN2O5. The maximum Gasteiger partial charge on any atom is 0.335 e. The minimum absolute atomic E-state index is 0.0331. The van der Waals surface area contributed by atoms with Gasteiger partial charge in [-0.25, -0.2) is 4.79 Å². The second-order valence-electron chi connectivity index (χ2n) is 5.04. The molecule has 0 saturated heterocycles. The first-order valence-electron chi connectivity index (χ1n) is 6.84. The van der Waals surface area contributed by atoms with Crippen LogP contribution in [0.25, 0.3) is 0 Å². The molecule has 7 nitrogen and oxygen atoms in total. The van der Waals surface area contributed by atoms with E-state index in [1.807, 2.05) is 0 Å². The summed E-state index contributed by atoms with van der Waals surface area (Å²) >= 11 is 5.86. The summed E-state index contributed by atoms with van der Waals surface area (Å²) in [7, 11) is 0. The average Bonchev–Trinajstić information content (AvgIpc) is 2.53. The highest BCUT2D eigenvalue weighted by atomic mass is 35.5. The molecule has 24 heavy (non-hydrogen) atoms. The van der Waals surface area contributed by atoms with Gasteiger partial charge in [-0.3, -0.25) is 9.59 Å². The molecule has 1 aliphatic rings. The molecule has 3 rings (SSSR count). The van der Waals surface area contributed by atoms with E-state index in [0.29, 0.717) is 17.0 Å². The van der Waals surface area contributed by atoms with E-state index in [2.05, 4.69) is 10.6 Å². The van der Waals surface area contributed by atoms with E-state index >= 15 is 0 Å². The molecular weight excluding hydrogens is 336 g/mol. The highest BCUT2D eigenvalue weighted by Gasteiger charge is 2.18. The summed E-state index contributed by atoms with van der Waals surface area (Å²) in [5.41, 5.74) is 1.01. The van der Waals surface area contributed by atoms with Crippen LogP contribution in [-0.2, 0) is 4.79 Å². The van der Waals surface area contributed by atoms with Gasteiger partial charge in [-0.2, -0.15) is 0 Å². The summed E-state index contributed by atoms with van der Waals surface area (Å²) < 4.78 is 5.26. The number of carbonyl (C=O) groups is 3. The summed E-state index contributed by atoms with van der Waals surface area (Å²) in [4.78, 5) is 34.6. The first-order valence-corrected chi connectivity index (χ1v) is 7.22. The third-order valence-electron chi connectivity index (χ3n) is 3.28. The van der Waals surface area contributed by atoms with E-state index in [1.165, 1.54) is 30.3 Å². The first kappa shape index (κ1) is 15.8. The van der Waals surface area contributed by atoms with Gasteiger partial charge in [-0.15, -0.1) is 0 Å². The molecule has 0 fully saturated rings. The predicted octanol–water partition coefficient (Wildman–Crippen LogP) is 2.62. The maximum atomic E-state index is 12.3. The van der Waals surface area contributed by atoms with Gasteiger partial charge in [0.15, 0.2) is 6.61 Å². The Balaban J connectivity index is 1.83. The lowest BCUT2D eigenvalue weighted by atomic mass is 10.1. The highest BCUT2D eigenvalue weighted by molar-refractivity contribution is 6.31. The normalized spacial score (nSPS) is 12.6. The second kappa shape index (κ2) is 6.21. The zero-order valence-electron chi connectivity index (χ0n) is 12.1. The van der Waals surface area contributed by atoms with Crippen molar-refractivity contribution in [3.05, 3.63) is 52.5 Å². The SMILES string of the molecule is O=C1COc2cc(C(=O)Nc3cc(Cl)cc(C(=O)O)c3)ccc2N1. The number of fused-ring (bicyclic) bond motifs is 1. The van der Waals surface area contributed by atoms with Crippen molar-refractivity contribution in [2.45, 2.75) is 0 Å². The summed E-state index contributed by atoms with van der Waals surface area (Å²) in [6.45, 7) is -0.117. The van der Waals surface area contributed by atoms with Crippen LogP contribution in [0.15, 0.2) is 36.4 Å². The van der Waals surface area contributed by atoms with E-state index in [1.54, 1.807) is 6.07 Å². The molecule has 8 heteroatoms. The van der Waals surface area contributed by atoms with Crippen molar-refractivity contribution >= 4 is 40.8 Å². The number of anilines is 2. The van der Waals surface area contributed by atoms with Crippen molar-refractivity contribution in [3.63, 3.8) is 0 Å². The number of halogens is 1. The second-order valence-corrected chi connectivity index (χ2v) is 5.47. The Morgan fingerprint density at radius 2 is 1.96 bits per heavy atom. The molecule has 0 unspecified atom stereocenters. The molecule has 0 radical (unpaired) electrons. The number of hydrogen-bond donors (Lipinski definition) is 3. The highest BCUT2D eigenvalue weighted by Crippen LogP contribution is 2.29. The van der Waals surface area contributed by atoms with Crippen LogP contribution in [0, 0.1) is 0 Å². The Morgan fingerprint density at radius 1 is 1.17 bits per heavy atom. The van der Waals surface area contributed by atoms with E-state index in [9.17, 15) is 14.4 Å². The molecule has 0 aliphatic carbocycles. The van der Waals surface area contributed by atoms with Gasteiger partial charge < -0.3 is 20.5 Å². The Labute approximate surface area is 141 Å². The van der Waals surface area contributed by atoms with Gasteiger partial charge in [0, 0.05) is 16.3 Å². The zero-order valence-corrected chi connectivity index (χ0v) is 12.9. The fraction of sp³-hybridized carbons (Fsp3) is 0.0625. The molecule has 2 aromatic rings. The summed E-state index contributed by atoms with van der Waals surface area (Å²) in [5.74, 6) is -1.48. The Kier molecular flexibility index (Phi) is 4.09. The predicted molar refractivity (Wildman–Crippen MR) is 86.9 cm³/mol. The van der Waals surface area contributed by atoms with Crippen LogP contribution >= 0.6 is 11.6 Å². The Morgan fingerprint density at radius 3 is 2.71 bits per heavy atom. The van der Waals surface area contributed by atoms with Crippen molar-refractivity contribution in [3.8, 4) is 5.75 Å². The van der Waals surface area contributed by atoms with Crippen LogP contribution in [0.3, 0.4) is 0 Å². The smallest absolute Gasteiger partial charge is 0.335 e. The van der Waals surface area contributed by atoms with Gasteiger partial charge in [-0.05, 0) is 36.4 Å². The van der Waals surface area contributed by atoms with E-state index in [0.717, 1.165) is 0 Å². The molecule has 0 aromatic heterocycles. The monoisotopic (exact) mass is 346 g/mol. The fourth-order valence-corrected chi connectivity index (χ4v) is 2.44. The number of hydrogen-bond acceptors (Lipinski definition) is 4. The van der Waals surface area contributed by atoms with Crippen LogP contribution in [0.4, 0.5) is 11.4 Å². The molecule has 122 valence electrons. The summed E-state index contributed by atoms with van der Waals surface area (Å²) in [5, 5.41) is 14.4. The number of rotatable bonds is 3. The van der Waals surface area contributed by atoms with Crippen molar-refractivity contribution < 1.29 is 24.2 Å². The molecule has 2 amide bonds. The van der Waals surface area contributed by atoms with Crippen LogP contribution in [0.5, 0.6) is 5.75 Å². The van der Waals surface area contributed by atoms with Crippen molar-refractivity contribution in [1.29, 1.82) is 0 Å². The van der Waals surface area contributed by atoms with E-state index in [4.69, 9.17) is 21.4 Å². The average molecular weight is 347 g/mol.